The third kappa shape index (κ3) is 3.64. The molecule has 5 nitrogen and oxygen atoms in total. The lowest BCUT2D eigenvalue weighted by Crippen LogP contribution is -2.28. The first kappa shape index (κ1) is 17.4. The smallest absolute Gasteiger partial charge is 0.246 e. The normalized spacial score (nSPS) is 17.6. The molecule has 25 heavy (non-hydrogen) atoms. The molecule has 0 saturated carbocycles. The molecule has 3 rings (SSSR count). The number of aromatic nitrogens is 2. The van der Waals surface area contributed by atoms with Crippen LogP contribution in [-0.2, 0) is 4.79 Å². The van der Waals surface area contributed by atoms with Gasteiger partial charge in [-0.2, -0.15) is 5.10 Å². The number of hydrogen-bond donors (Lipinski definition) is 1. The Bertz CT molecular complexity index is 795. The number of halogens is 1. The molecule has 1 fully saturated rings. The van der Waals surface area contributed by atoms with Crippen molar-refractivity contribution >= 4 is 12.0 Å². The predicted molar refractivity (Wildman–Crippen MR) is 95.8 cm³/mol. The summed E-state index contributed by atoms with van der Waals surface area (Å²) in [5.74, 6) is 0.128. The van der Waals surface area contributed by atoms with Crippen LogP contribution in [0.2, 0.25) is 0 Å². The second-order valence-corrected chi connectivity index (χ2v) is 6.48. The van der Waals surface area contributed by atoms with Crippen molar-refractivity contribution in [1.29, 1.82) is 0 Å². The number of likely N-dealkylation sites (tertiary alicyclic amines) is 1. The fourth-order valence-corrected chi connectivity index (χ4v) is 3.21. The van der Waals surface area contributed by atoms with E-state index >= 15 is 0 Å². The number of benzene rings is 1. The topological polar surface area (TPSA) is 64.2 Å². The fourth-order valence-electron chi connectivity index (χ4n) is 3.21. The molecule has 2 aromatic rings. The van der Waals surface area contributed by atoms with Gasteiger partial charge in [-0.25, -0.2) is 9.07 Å². The molecule has 2 heterocycles. The number of carbonyl (C=O) groups excluding carboxylic acids is 1. The SMILES string of the molecule is Cc1nn(-c2ccc(F)cc2)c(C)c1C=CC(=O)N1CCC(CN)C1. The Labute approximate surface area is 146 Å². The molecule has 1 amide bonds. The Kier molecular flexibility index (Phi) is 4.99. The lowest BCUT2D eigenvalue weighted by molar-refractivity contribution is -0.125. The van der Waals surface area contributed by atoms with E-state index in [0.717, 1.165) is 42.1 Å². The molecule has 0 bridgehead atoms. The second-order valence-electron chi connectivity index (χ2n) is 6.48. The Morgan fingerprint density at radius 2 is 2.08 bits per heavy atom. The first-order chi connectivity index (χ1) is 12.0. The number of carbonyl (C=O) groups is 1. The summed E-state index contributed by atoms with van der Waals surface area (Å²) >= 11 is 0. The molecule has 1 saturated heterocycles. The summed E-state index contributed by atoms with van der Waals surface area (Å²) in [6, 6.07) is 6.19. The Hall–Kier alpha value is -2.47. The lowest BCUT2D eigenvalue weighted by atomic mass is 10.1. The van der Waals surface area contributed by atoms with Crippen LogP contribution >= 0.6 is 0 Å². The van der Waals surface area contributed by atoms with E-state index in [1.165, 1.54) is 12.1 Å². The first-order valence-electron chi connectivity index (χ1n) is 8.49. The number of nitrogens with zero attached hydrogens (tertiary/aromatic N) is 3. The van der Waals surface area contributed by atoms with E-state index in [2.05, 4.69) is 5.10 Å². The zero-order chi connectivity index (χ0) is 18.0. The summed E-state index contributed by atoms with van der Waals surface area (Å²) in [6.45, 7) is 5.95. The van der Waals surface area contributed by atoms with Crippen molar-refractivity contribution in [2.45, 2.75) is 20.3 Å². The molecule has 6 heteroatoms. The van der Waals surface area contributed by atoms with Crippen LogP contribution in [0.25, 0.3) is 11.8 Å². The summed E-state index contributed by atoms with van der Waals surface area (Å²) < 4.78 is 14.9. The van der Waals surface area contributed by atoms with Crippen molar-refractivity contribution in [1.82, 2.24) is 14.7 Å². The summed E-state index contributed by atoms with van der Waals surface area (Å²) in [5, 5.41) is 4.51. The van der Waals surface area contributed by atoms with Crippen molar-refractivity contribution in [2.75, 3.05) is 19.6 Å². The maximum Gasteiger partial charge on any atom is 0.246 e. The molecule has 1 aliphatic heterocycles. The highest BCUT2D eigenvalue weighted by atomic mass is 19.1. The van der Waals surface area contributed by atoms with Gasteiger partial charge < -0.3 is 10.6 Å². The molecule has 1 unspecified atom stereocenters. The number of nitrogens with two attached hydrogens (primary N) is 1. The van der Waals surface area contributed by atoms with Gasteiger partial charge >= 0.3 is 0 Å². The average Bonchev–Trinajstić information content (AvgIpc) is 3.19. The van der Waals surface area contributed by atoms with E-state index in [1.54, 1.807) is 22.9 Å². The third-order valence-corrected chi connectivity index (χ3v) is 4.74. The zero-order valence-corrected chi connectivity index (χ0v) is 14.6. The van der Waals surface area contributed by atoms with Crippen LogP contribution in [0.5, 0.6) is 0 Å². The molecule has 0 spiro atoms. The van der Waals surface area contributed by atoms with Crippen LogP contribution in [0.15, 0.2) is 30.3 Å². The van der Waals surface area contributed by atoms with Gasteiger partial charge in [-0.1, -0.05) is 0 Å². The Balaban J connectivity index is 1.79. The van der Waals surface area contributed by atoms with Crippen LogP contribution < -0.4 is 5.73 Å². The van der Waals surface area contributed by atoms with Crippen LogP contribution in [0, 0.1) is 25.6 Å². The highest BCUT2D eigenvalue weighted by Gasteiger charge is 2.23. The van der Waals surface area contributed by atoms with Gasteiger partial charge in [0.25, 0.3) is 0 Å². The minimum atomic E-state index is -0.280. The molecule has 0 aliphatic carbocycles. The molecule has 1 aromatic heterocycles. The van der Waals surface area contributed by atoms with Crippen LogP contribution in [0.3, 0.4) is 0 Å². The zero-order valence-electron chi connectivity index (χ0n) is 14.6. The third-order valence-electron chi connectivity index (χ3n) is 4.74. The maximum absolute atomic E-state index is 13.1. The van der Waals surface area contributed by atoms with Gasteiger partial charge in [0, 0.05) is 30.4 Å². The highest BCUT2D eigenvalue weighted by molar-refractivity contribution is 5.92. The minimum absolute atomic E-state index is 0.00396. The van der Waals surface area contributed by atoms with Crippen molar-refractivity contribution in [2.24, 2.45) is 11.7 Å². The number of rotatable bonds is 4. The van der Waals surface area contributed by atoms with Crippen molar-refractivity contribution in [3.05, 3.63) is 53.1 Å². The second kappa shape index (κ2) is 7.19. The van der Waals surface area contributed by atoms with Gasteiger partial charge in [-0.05, 0) is 63.1 Å². The standard InChI is InChI=1S/C19H23FN4O/c1-13-18(7-8-19(25)23-10-9-15(11-21)12-23)14(2)24(22-13)17-5-3-16(20)4-6-17/h3-8,15H,9-12,21H2,1-2H3. The molecule has 1 aliphatic rings. The number of aryl methyl sites for hydroxylation is 1. The molecule has 0 radical (unpaired) electrons. The first-order valence-corrected chi connectivity index (χ1v) is 8.49. The molecule has 1 atom stereocenters. The van der Waals surface area contributed by atoms with E-state index in [0.29, 0.717) is 12.5 Å². The van der Waals surface area contributed by atoms with Gasteiger partial charge in [-0.3, -0.25) is 4.79 Å². The fraction of sp³-hybridized carbons (Fsp3) is 0.368. The quantitative estimate of drug-likeness (QED) is 0.868. The lowest BCUT2D eigenvalue weighted by Gasteiger charge is -2.13. The Morgan fingerprint density at radius 3 is 2.72 bits per heavy atom. The summed E-state index contributed by atoms with van der Waals surface area (Å²) in [6.07, 6.45) is 4.39. The molecule has 1 aromatic carbocycles. The van der Waals surface area contributed by atoms with E-state index in [1.807, 2.05) is 24.8 Å². The average molecular weight is 342 g/mol. The molecule has 2 N–H and O–H groups in total. The van der Waals surface area contributed by atoms with E-state index in [-0.39, 0.29) is 11.7 Å². The monoisotopic (exact) mass is 342 g/mol. The van der Waals surface area contributed by atoms with Crippen molar-refractivity contribution in [3.63, 3.8) is 0 Å². The molecular formula is C19H23FN4O. The van der Waals surface area contributed by atoms with Crippen LogP contribution in [0.4, 0.5) is 4.39 Å². The predicted octanol–water partition coefficient (Wildman–Crippen LogP) is 2.45. The van der Waals surface area contributed by atoms with Gasteiger partial charge in [-0.15, -0.1) is 0 Å². The van der Waals surface area contributed by atoms with Gasteiger partial charge in [0.1, 0.15) is 5.82 Å². The maximum atomic E-state index is 13.1. The van der Waals surface area contributed by atoms with Gasteiger partial charge in [0.2, 0.25) is 5.91 Å². The Morgan fingerprint density at radius 1 is 1.36 bits per heavy atom. The molecular weight excluding hydrogens is 319 g/mol. The largest absolute Gasteiger partial charge is 0.339 e. The number of hydrogen-bond acceptors (Lipinski definition) is 3. The van der Waals surface area contributed by atoms with Crippen LogP contribution in [0.1, 0.15) is 23.4 Å². The molecule has 132 valence electrons. The summed E-state index contributed by atoms with van der Waals surface area (Å²) in [5.41, 5.74) is 9.11. The minimum Gasteiger partial charge on any atom is -0.339 e. The summed E-state index contributed by atoms with van der Waals surface area (Å²) in [7, 11) is 0. The van der Waals surface area contributed by atoms with E-state index < -0.39 is 0 Å². The van der Waals surface area contributed by atoms with Gasteiger partial charge in [0.15, 0.2) is 0 Å². The van der Waals surface area contributed by atoms with Crippen LogP contribution in [-0.4, -0.2) is 40.2 Å². The summed E-state index contributed by atoms with van der Waals surface area (Å²) in [4.78, 5) is 14.2. The van der Waals surface area contributed by atoms with Gasteiger partial charge in [0.05, 0.1) is 11.4 Å². The van der Waals surface area contributed by atoms with E-state index in [9.17, 15) is 9.18 Å². The van der Waals surface area contributed by atoms with Crippen molar-refractivity contribution < 1.29 is 9.18 Å². The number of amides is 1. The van der Waals surface area contributed by atoms with E-state index in [4.69, 9.17) is 5.73 Å². The van der Waals surface area contributed by atoms with Crippen molar-refractivity contribution in [3.8, 4) is 5.69 Å². The highest BCUT2D eigenvalue weighted by Crippen LogP contribution is 2.20.